The SMILES string of the molecule is COc1ccc2c(c1)CN(C(=O)c1cccc(OCC(=O)O)c1)CC2. The van der Waals surface area contributed by atoms with Crippen LogP contribution in [0.15, 0.2) is 42.5 Å². The van der Waals surface area contributed by atoms with Crippen molar-refractivity contribution in [3.8, 4) is 11.5 Å². The van der Waals surface area contributed by atoms with Gasteiger partial charge in [0, 0.05) is 18.7 Å². The Kier molecular flexibility index (Phi) is 4.88. The van der Waals surface area contributed by atoms with E-state index in [1.165, 1.54) is 5.56 Å². The summed E-state index contributed by atoms with van der Waals surface area (Å²) in [6.07, 6.45) is 0.792. The first-order valence-corrected chi connectivity index (χ1v) is 7.96. The average molecular weight is 341 g/mol. The van der Waals surface area contributed by atoms with Gasteiger partial charge in [-0.05, 0) is 47.9 Å². The third-order valence-corrected chi connectivity index (χ3v) is 4.16. The zero-order valence-electron chi connectivity index (χ0n) is 13.9. The number of fused-ring (bicyclic) bond motifs is 1. The van der Waals surface area contributed by atoms with Crippen LogP contribution in [0.4, 0.5) is 0 Å². The third kappa shape index (κ3) is 3.91. The van der Waals surface area contributed by atoms with Gasteiger partial charge < -0.3 is 19.5 Å². The predicted octanol–water partition coefficient (Wildman–Crippen LogP) is 2.36. The van der Waals surface area contributed by atoms with Gasteiger partial charge in [0.2, 0.25) is 0 Å². The number of amides is 1. The van der Waals surface area contributed by atoms with Crippen LogP contribution in [0.3, 0.4) is 0 Å². The minimum Gasteiger partial charge on any atom is -0.497 e. The van der Waals surface area contributed by atoms with Crippen LogP contribution < -0.4 is 9.47 Å². The number of carbonyl (C=O) groups excluding carboxylic acids is 1. The van der Waals surface area contributed by atoms with Crippen LogP contribution in [0.2, 0.25) is 0 Å². The zero-order valence-corrected chi connectivity index (χ0v) is 13.9. The van der Waals surface area contributed by atoms with Gasteiger partial charge in [-0.15, -0.1) is 0 Å². The van der Waals surface area contributed by atoms with Crippen molar-refractivity contribution in [3.63, 3.8) is 0 Å². The Morgan fingerprint density at radius 3 is 2.72 bits per heavy atom. The van der Waals surface area contributed by atoms with Gasteiger partial charge in [0.25, 0.3) is 5.91 Å². The van der Waals surface area contributed by atoms with Crippen LogP contribution in [-0.2, 0) is 17.8 Å². The highest BCUT2D eigenvalue weighted by molar-refractivity contribution is 5.94. The van der Waals surface area contributed by atoms with Gasteiger partial charge in [-0.2, -0.15) is 0 Å². The molecule has 130 valence electrons. The molecule has 1 amide bonds. The summed E-state index contributed by atoms with van der Waals surface area (Å²) in [4.78, 5) is 25.2. The first-order chi connectivity index (χ1) is 12.1. The molecule has 1 aliphatic rings. The summed E-state index contributed by atoms with van der Waals surface area (Å²) in [6.45, 7) is 0.721. The van der Waals surface area contributed by atoms with Crippen LogP contribution in [-0.4, -0.2) is 42.1 Å². The molecule has 0 spiro atoms. The predicted molar refractivity (Wildman–Crippen MR) is 91.0 cm³/mol. The Hall–Kier alpha value is -3.02. The molecule has 3 rings (SSSR count). The number of carboxylic acids is 1. The van der Waals surface area contributed by atoms with Gasteiger partial charge in [-0.1, -0.05) is 12.1 Å². The molecular weight excluding hydrogens is 322 g/mol. The van der Waals surface area contributed by atoms with Crippen molar-refractivity contribution in [2.45, 2.75) is 13.0 Å². The fourth-order valence-corrected chi connectivity index (χ4v) is 2.88. The molecule has 2 aromatic rings. The molecule has 2 aromatic carbocycles. The van der Waals surface area contributed by atoms with Crippen molar-refractivity contribution >= 4 is 11.9 Å². The molecule has 0 fully saturated rings. The molecule has 6 heteroatoms. The lowest BCUT2D eigenvalue weighted by Gasteiger charge is -2.29. The average Bonchev–Trinajstić information content (AvgIpc) is 2.65. The van der Waals surface area contributed by atoms with E-state index in [1.54, 1.807) is 36.3 Å². The van der Waals surface area contributed by atoms with E-state index < -0.39 is 12.6 Å². The molecule has 25 heavy (non-hydrogen) atoms. The van der Waals surface area contributed by atoms with Crippen LogP contribution in [0.5, 0.6) is 11.5 Å². The number of hydrogen-bond donors (Lipinski definition) is 1. The van der Waals surface area contributed by atoms with E-state index in [9.17, 15) is 9.59 Å². The lowest BCUT2D eigenvalue weighted by Crippen LogP contribution is -2.35. The maximum atomic E-state index is 12.8. The molecule has 1 heterocycles. The summed E-state index contributed by atoms with van der Waals surface area (Å²) in [5, 5.41) is 8.68. The number of aliphatic carboxylic acids is 1. The molecule has 0 aliphatic carbocycles. The lowest BCUT2D eigenvalue weighted by molar-refractivity contribution is -0.139. The van der Waals surface area contributed by atoms with Crippen molar-refractivity contribution in [1.29, 1.82) is 0 Å². The van der Waals surface area contributed by atoms with Crippen LogP contribution in [0, 0.1) is 0 Å². The van der Waals surface area contributed by atoms with Gasteiger partial charge >= 0.3 is 5.97 Å². The van der Waals surface area contributed by atoms with E-state index >= 15 is 0 Å². The molecule has 6 nitrogen and oxygen atoms in total. The maximum absolute atomic E-state index is 12.8. The van der Waals surface area contributed by atoms with Gasteiger partial charge in [-0.25, -0.2) is 4.79 Å². The second-order valence-corrected chi connectivity index (χ2v) is 5.82. The lowest BCUT2D eigenvalue weighted by atomic mass is 9.99. The van der Waals surface area contributed by atoms with Crippen molar-refractivity contribution in [2.24, 2.45) is 0 Å². The summed E-state index contributed by atoms with van der Waals surface area (Å²) in [7, 11) is 1.62. The smallest absolute Gasteiger partial charge is 0.341 e. The van der Waals surface area contributed by atoms with E-state index in [0.29, 0.717) is 24.4 Å². The van der Waals surface area contributed by atoms with Crippen molar-refractivity contribution in [1.82, 2.24) is 4.90 Å². The molecule has 1 N–H and O–H groups in total. The van der Waals surface area contributed by atoms with Crippen LogP contribution in [0.25, 0.3) is 0 Å². The maximum Gasteiger partial charge on any atom is 0.341 e. The number of benzene rings is 2. The normalized spacial score (nSPS) is 13.1. The van der Waals surface area contributed by atoms with Gasteiger partial charge in [0.1, 0.15) is 11.5 Å². The van der Waals surface area contributed by atoms with E-state index in [4.69, 9.17) is 14.6 Å². The molecule has 0 aromatic heterocycles. The number of carbonyl (C=O) groups is 2. The zero-order chi connectivity index (χ0) is 17.8. The van der Waals surface area contributed by atoms with Crippen LogP contribution >= 0.6 is 0 Å². The summed E-state index contributed by atoms with van der Waals surface area (Å²) in [5.74, 6) is -0.0167. The van der Waals surface area contributed by atoms with E-state index in [0.717, 1.165) is 17.7 Å². The van der Waals surface area contributed by atoms with Crippen molar-refractivity contribution in [2.75, 3.05) is 20.3 Å². The number of ether oxygens (including phenoxy) is 2. The summed E-state index contributed by atoms with van der Waals surface area (Å²) in [5.41, 5.74) is 2.79. The Morgan fingerprint density at radius 2 is 1.96 bits per heavy atom. The van der Waals surface area contributed by atoms with Gasteiger partial charge in [0.05, 0.1) is 7.11 Å². The second-order valence-electron chi connectivity index (χ2n) is 5.82. The fourth-order valence-electron chi connectivity index (χ4n) is 2.88. The number of rotatable bonds is 5. The van der Waals surface area contributed by atoms with Crippen LogP contribution in [0.1, 0.15) is 21.5 Å². The van der Waals surface area contributed by atoms with E-state index in [2.05, 4.69) is 0 Å². The molecule has 1 aliphatic heterocycles. The third-order valence-electron chi connectivity index (χ3n) is 4.16. The summed E-state index contributed by atoms with van der Waals surface area (Å²) < 4.78 is 10.4. The highest BCUT2D eigenvalue weighted by Crippen LogP contribution is 2.25. The Balaban J connectivity index is 1.75. The fraction of sp³-hybridized carbons (Fsp3) is 0.263. The summed E-state index contributed by atoms with van der Waals surface area (Å²) in [6, 6.07) is 12.5. The van der Waals surface area contributed by atoms with Gasteiger partial charge in [0.15, 0.2) is 6.61 Å². The highest BCUT2D eigenvalue weighted by Gasteiger charge is 2.22. The van der Waals surface area contributed by atoms with E-state index in [1.807, 2.05) is 18.2 Å². The molecule has 0 bridgehead atoms. The quantitative estimate of drug-likeness (QED) is 0.903. The highest BCUT2D eigenvalue weighted by atomic mass is 16.5. The number of carboxylic acid groups (broad SMARTS) is 1. The monoisotopic (exact) mass is 341 g/mol. The summed E-state index contributed by atoms with van der Waals surface area (Å²) >= 11 is 0. The minimum atomic E-state index is -1.06. The molecular formula is C19H19NO5. The van der Waals surface area contributed by atoms with E-state index in [-0.39, 0.29) is 5.91 Å². The minimum absolute atomic E-state index is 0.103. The van der Waals surface area contributed by atoms with Crippen molar-refractivity contribution in [3.05, 3.63) is 59.2 Å². The molecule has 0 unspecified atom stereocenters. The van der Waals surface area contributed by atoms with Gasteiger partial charge in [-0.3, -0.25) is 4.79 Å². The molecule has 0 radical (unpaired) electrons. The Labute approximate surface area is 145 Å². The largest absolute Gasteiger partial charge is 0.497 e. The number of nitrogens with zero attached hydrogens (tertiary/aromatic N) is 1. The Bertz CT molecular complexity index is 802. The molecule has 0 saturated carbocycles. The number of hydrogen-bond acceptors (Lipinski definition) is 4. The first kappa shape index (κ1) is 16.8. The molecule has 0 saturated heterocycles. The first-order valence-electron chi connectivity index (χ1n) is 7.96. The molecule has 0 atom stereocenters. The number of methoxy groups -OCH3 is 1. The Morgan fingerprint density at radius 1 is 1.12 bits per heavy atom. The topological polar surface area (TPSA) is 76.1 Å². The standard InChI is InChI=1S/C19H19NO5/c1-24-16-6-5-13-7-8-20(11-15(13)10-16)19(23)14-3-2-4-17(9-14)25-12-18(21)22/h2-6,9-10H,7-8,11-12H2,1H3,(H,21,22). The second kappa shape index (κ2) is 7.25. The van der Waals surface area contributed by atoms with Crippen molar-refractivity contribution < 1.29 is 24.2 Å².